The van der Waals surface area contributed by atoms with Crippen molar-refractivity contribution in [3.05, 3.63) is 38.7 Å². The molecule has 5 nitrogen and oxygen atoms in total. The molecule has 1 N–H and O–H groups in total. The van der Waals surface area contributed by atoms with Crippen molar-refractivity contribution in [3.8, 4) is 5.82 Å². The number of aromatic nitrogens is 3. The van der Waals surface area contributed by atoms with Crippen LogP contribution in [0, 0.1) is 13.8 Å². The molecular formula is C11H9BrClN3O2. The number of hydrogen-bond donors (Lipinski definition) is 1. The SMILES string of the molecule is Cc1nn(-c2ncc(Br)cc2C(=O)O)c(C)c1Cl. The molecule has 18 heavy (non-hydrogen) atoms. The summed E-state index contributed by atoms with van der Waals surface area (Å²) in [6.07, 6.45) is 1.52. The molecule has 2 aromatic heterocycles. The zero-order valence-electron chi connectivity index (χ0n) is 9.61. The fraction of sp³-hybridized carbons (Fsp3) is 0.182. The summed E-state index contributed by atoms with van der Waals surface area (Å²) in [7, 11) is 0. The van der Waals surface area contributed by atoms with E-state index in [1.54, 1.807) is 13.8 Å². The lowest BCUT2D eigenvalue weighted by molar-refractivity contribution is 0.0696. The summed E-state index contributed by atoms with van der Waals surface area (Å²) in [5.41, 5.74) is 1.35. The van der Waals surface area contributed by atoms with E-state index in [9.17, 15) is 9.90 Å². The van der Waals surface area contributed by atoms with Crippen LogP contribution in [0.2, 0.25) is 5.02 Å². The Bertz CT molecular complexity index is 639. The molecule has 0 unspecified atom stereocenters. The van der Waals surface area contributed by atoms with Crippen LogP contribution in [0.3, 0.4) is 0 Å². The molecule has 0 bridgehead atoms. The number of nitrogens with zero attached hydrogens (tertiary/aromatic N) is 3. The zero-order chi connectivity index (χ0) is 13.4. The summed E-state index contributed by atoms with van der Waals surface area (Å²) in [5, 5.41) is 13.9. The topological polar surface area (TPSA) is 68.0 Å². The van der Waals surface area contributed by atoms with Gasteiger partial charge in [-0.25, -0.2) is 14.5 Å². The molecular weight excluding hydrogens is 321 g/mol. The molecule has 0 atom stereocenters. The average Bonchev–Trinajstić information content (AvgIpc) is 2.57. The number of carboxylic acid groups (broad SMARTS) is 1. The third-order valence-corrected chi connectivity index (χ3v) is 3.45. The third kappa shape index (κ3) is 2.13. The Balaban J connectivity index is 2.71. The zero-order valence-corrected chi connectivity index (χ0v) is 11.9. The van der Waals surface area contributed by atoms with Crippen molar-refractivity contribution in [2.24, 2.45) is 0 Å². The van der Waals surface area contributed by atoms with E-state index in [4.69, 9.17) is 11.6 Å². The monoisotopic (exact) mass is 329 g/mol. The highest BCUT2D eigenvalue weighted by atomic mass is 79.9. The molecule has 0 radical (unpaired) electrons. The van der Waals surface area contributed by atoms with Gasteiger partial charge in [-0.3, -0.25) is 0 Å². The van der Waals surface area contributed by atoms with Crippen molar-refractivity contribution in [3.63, 3.8) is 0 Å². The van der Waals surface area contributed by atoms with Crippen molar-refractivity contribution in [1.29, 1.82) is 0 Å². The molecule has 0 aromatic carbocycles. The number of halogens is 2. The van der Waals surface area contributed by atoms with Gasteiger partial charge in [-0.2, -0.15) is 5.10 Å². The van der Waals surface area contributed by atoms with Gasteiger partial charge in [-0.15, -0.1) is 0 Å². The van der Waals surface area contributed by atoms with E-state index in [0.717, 1.165) is 0 Å². The number of pyridine rings is 1. The van der Waals surface area contributed by atoms with E-state index in [-0.39, 0.29) is 11.4 Å². The van der Waals surface area contributed by atoms with Crippen LogP contribution in [-0.4, -0.2) is 25.8 Å². The Hall–Kier alpha value is -1.40. The summed E-state index contributed by atoms with van der Waals surface area (Å²) >= 11 is 9.24. The molecule has 0 aliphatic rings. The van der Waals surface area contributed by atoms with E-state index in [2.05, 4.69) is 26.0 Å². The standard InChI is InChI=1S/C11H9BrClN3O2/c1-5-9(13)6(2)16(15-5)10-8(11(17)18)3-7(12)4-14-10/h3-4H,1-2H3,(H,17,18). The van der Waals surface area contributed by atoms with Crippen LogP contribution >= 0.6 is 27.5 Å². The first-order chi connectivity index (χ1) is 8.41. The third-order valence-electron chi connectivity index (χ3n) is 2.47. The van der Waals surface area contributed by atoms with Crippen molar-refractivity contribution >= 4 is 33.5 Å². The summed E-state index contributed by atoms with van der Waals surface area (Å²) in [5.74, 6) is -0.819. The van der Waals surface area contributed by atoms with Gasteiger partial charge in [-0.1, -0.05) is 11.6 Å². The minimum atomic E-state index is -1.07. The largest absolute Gasteiger partial charge is 0.478 e. The van der Waals surface area contributed by atoms with Crippen LogP contribution in [0.4, 0.5) is 0 Å². The summed E-state index contributed by atoms with van der Waals surface area (Å²) in [6, 6.07) is 1.48. The fourth-order valence-corrected chi connectivity index (χ4v) is 2.04. The van der Waals surface area contributed by atoms with Crippen molar-refractivity contribution in [2.45, 2.75) is 13.8 Å². The van der Waals surface area contributed by atoms with Crippen molar-refractivity contribution in [2.75, 3.05) is 0 Å². The molecule has 0 saturated carbocycles. The van der Waals surface area contributed by atoms with Crippen LogP contribution in [-0.2, 0) is 0 Å². The smallest absolute Gasteiger partial charge is 0.339 e. The highest BCUT2D eigenvalue weighted by molar-refractivity contribution is 9.10. The van der Waals surface area contributed by atoms with E-state index >= 15 is 0 Å². The second-order valence-electron chi connectivity index (χ2n) is 3.73. The average molecular weight is 331 g/mol. The Kier molecular flexibility index (Phi) is 3.41. The minimum Gasteiger partial charge on any atom is -0.478 e. The molecule has 2 aromatic rings. The number of aryl methyl sites for hydroxylation is 1. The van der Waals surface area contributed by atoms with Gasteiger partial charge in [0.1, 0.15) is 5.56 Å². The van der Waals surface area contributed by atoms with Gasteiger partial charge in [-0.05, 0) is 35.8 Å². The lowest BCUT2D eigenvalue weighted by atomic mass is 10.2. The normalized spacial score (nSPS) is 10.7. The number of aromatic carboxylic acids is 1. The van der Waals surface area contributed by atoms with Crippen LogP contribution < -0.4 is 0 Å². The summed E-state index contributed by atoms with van der Waals surface area (Å²) in [4.78, 5) is 15.3. The quantitative estimate of drug-likeness (QED) is 0.919. The number of carbonyl (C=O) groups is 1. The molecule has 94 valence electrons. The molecule has 0 amide bonds. The maximum absolute atomic E-state index is 11.2. The molecule has 0 saturated heterocycles. The predicted octanol–water partition coefficient (Wildman–Crippen LogP) is 3.00. The van der Waals surface area contributed by atoms with Gasteiger partial charge < -0.3 is 5.11 Å². The maximum atomic E-state index is 11.2. The lowest BCUT2D eigenvalue weighted by Crippen LogP contribution is -2.10. The van der Waals surface area contributed by atoms with Crippen LogP contribution in [0.5, 0.6) is 0 Å². The van der Waals surface area contributed by atoms with Gasteiger partial charge in [0.25, 0.3) is 0 Å². The Morgan fingerprint density at radius 1 is 1.50 bits per heavy atom. The Labute approximate surface area is 117 Å². The second kappa shape index (κ2) is 4.70. The van der Waals surface area contributed by atoms with E-state index in [1.165, 1.54) is 16.9 Å². The molecule has 0 aliphatic heterocycles. The Morgan fingerprint density at radius 2 is 2.17 bits per heavy atom. The van der Waals surface area contributed by atoms with Crippen molar-refractivity contribution < 1.29 is 9.90 Å². The molecule has 0 fully saturated rings. The molecule has 7 heteroatoms. The first kappa shape index (κ1) is 13.0. The maximum Gasteiger partial charge on any atom is 0.339 e. The first-order valence-corrected chi connectivity index (χ1v) is 6.20. The summed E-state index contributed by atoms with van der Waals surface area (Å²) < 4.78 is 2.03. The molecule has 2 rings (SSSR count). The Morgan fingerprint density at radius 3 is 2.67 bits per heavy atom. The molecule has 0 spiro atoms. The van der Waals surface area contributed by atoms with Crippen molar-refractivity contribution in [1.82, 2.24) is 14.8 Å². The van der Waals surface area contributed by atoms with Gasteiger partial charge in [0, 0.05) is 10.7 Å². The van der Waals surface area contributed by atoms with Gasteiger partial charge in [0.2, 0.25) is 0 Å². The molecule has 2 heterocycles. The number of hydrogen-bond acceptors (Lipinski definition) is 3. The second-order valence-corrected chi connectivity index (χ2v) is 5.02. The highest BCUT2D eigenvalue weighted by Gasteiger charge is 2.18. The number of rotatable bonds is 2. The van der Waals surface area contributed by atoms with Gasteiger partial charge in [0.05, 0.1) is 16.4 Å². The van der Waals surface area contributed by atoms with Crippen LogP contribution in [0.15, 0.2) is 16.7 Å². The minimum absolute atomic E-state index is 0.0617. The lowest BCUT2D eigenvalue weighted by Gasteiger charge is -2.07. The van der Waals surface area contributed by atoms with Gasteiger partial charge in [0.15, 0.2) is 5.82 Å². The highest BCUT2D eigenvalue weighted by Crippen LogP contribution is 2.24. The van der Waals surface area contributed by atoms with Crippen LogP contribution in [0.1, 0.15) is 21.7 Å². The molecule has 0 aliphatic carbocycles. The van der Waals surface area contributed by atoms with E-state index in [1.807, 2.05) is 0 Å². The van der Waals surface area contributed by atoms with E-state index in [0.29, 0.717) is 20.9 Å². The first-order valence-electron chi connectivity index (χ1n) is 5.02. The van der Waals surface area contributed by atoms with Gasteiger partial charge >= 0.3 is 5.97 Å². The van der Waals surface area contributed by atoms with E-state index < -0.39 is 5.97 Å². The fourth-order valence-electron chi connectivity index (χ4n) is 1.59. The van der Waals surface area contributed by atoms with Crippen LogP contribution in [0.25, 0.3) is 5.82 Å². The summed E-state index contributed by atoms with van der Waals surface area (Å²) in [6.45, 7) is 3.52. The number of carboxylic acids is 1. The predicted molar refractivity (Wildman–Crippen MR) is 70.5 cm³/mol.